The Morgan fingerprint density at radius 3 is 2.71 bits per heavy atom. The zero-order valence-electron chi connectivity index (χ0n) is 17.0. The van der Waals surface area contributed by atoms with Crippen LogP contribution in [-0.4, -0.2) is 38.4 Å². The molecule has 5 nitrogen and oxygen atoms in total. The highest BCUT2D eigenvalue weighted by atomic mass is 16.2. The van der Waals surface area contributed by atoms with Crippen LogP contribution in [0.25, 0.3) is 11.4 Å². The van der Waals surface area contributed by atoms with Crippen LogP contribution in [0.4, 0.5) is 0 Å². The van der Waals surface area contributed by atoms with Gasteiger partial charge < -0.3 is 9.47 Å². The first kappa shape index (κ1) is 19.2. The predicted molar refractivity (Wildman–Crippen MR) is 111 cm³/mol. The van der Waals surface area contributed by atoms with Crippen LogP contribution in [0.1, 0.15) is 57.1 Å². The summed E-state index contributed by atoms with van der Waals surface area (Å²) in [6, 6.07) is 4.02. The summed E-state index contributed by atoms with van der Waals surface area (Å²) in [5.74, 6) is 2.48. The number of pyridine rings is 1. The SMILES string of the molecule is Cc1cnc(-c2cccnc2)n1CC1CCCN(C(=O)CC2CCCCC2)C1. The molecule has 2 fully saturated rings. The first-order valence-corrected chi connectivity index (χ1v) is 10.9. The van der Waals surface area contributed by atoms with Gasteiger partial charge in [-0.15, -0.1) is 0 Å². The van der Waals surface area contributed by atoms with Gasteiger partial charge in [0.05, 0.1) is 0 Å². The summed E-state index contributed by atoms with van der Waals surface area (Å²) in [6.45, 7) is 4.85. The Kier molecular flexibility index (Phi) is 6.08. The van der Waals surface area contributed by atoms with E-state index in [1.807, 2.05) is 18.5 Å². The van der Waals surface area contributed by atoms with Crippen LogP contribution < -0.4 is 0 Å². The fourth-order valence-corrected chi connectivity index (χ4v) is 4.88. The molecule has 0 bridgehead atoms. The molecule has 28 heavy (non-hydrogen) atoms. The molecule has 1 atom stereocenters. The molecule has 1 saturated heterocycles. The van der Waals surface area contributed by atoms with Crippen molar-refractivity contribution in [1.82, 2.24) is 19.4 Å². The highest BCUT2D eigenvalue weighted by molar-refractivity contribution is 5.76. The maximum atomic E-state index is 12.9. The van der Waals surface area contributed by atoms with Crippen LogP contribution in [0.3, 0.4) is 0 Å². The van der Waals surface area contributed by atoms with Crippen molar-refractivity contribution in [3.8, 4) is 11.4 Å². The molecular weight excluding hydrogens is 348 g/mol. The lowest BCUT2D eigenvalue weighted by Gasteiger charge is -2.34. The summed E-state index contributed by atoms with van der Waals surface area (Å²) < 4.78 is 2.30. The number of aromatic nitrogens is 3. The lowest BCUT2D eigenvalue weighted by molar-refractivity contribution is -0.134. The van der Waals surface area contributed by atoms with E-state index in [0.717, 1.165) is 43.9 Å². The predicted octanol–water partition coefficient (Wildman–Crippen LogP) is 4.46. The number of hydrogen-bond acceptors (Lipinski definition) is 3. The van der Waals surface area contributed by atoms with E-state index >= 15 is 0 Å². The first-order chi connectivity index (χ1) is 13.7. The van der Waals surface area contributed by atoms with Crippen molar-refractivity contribution in [1.29, 1.82) is 0 Å². The molecule has 1 aliphatic heterocycles. The van der Waals surface area contributed by atoms with E-state index in [4.69, 9.17) is 0 Å². The smallest absolute Gasteiger partial charge is 0.222 e. The number of imidazole rings is 1. The number of carbonyl (C=O) groups is 1. The zero-order valence-corrected chi connectivity index (χ0v) is 17.0. The van der Waals surface area contributed by atoms with E-state index in [1.165, 1.54) is 44.2 Å². The fourth-order valence-electron chi connectivity index (χ4n) is 4.88. The highest BCUT2D eigenvalue weighted by Crippen LogP contribution is 2.29. The molecule has 2 aliphatic rings. The molecule has 0 N–H and O–H groups in total. The van der Waals surface area contributed by atoms with E-state index in [9.17, 15) is 4.79 Å². The van der Waals surface area contributed by atoms with Gasteiger partial charge in [0, 0.05) is 55.9 Å². The third kappa shape index (κ3) is 4.45. The number of likely N-dealkylation sites (tertiary alicyclic amines) is 1. The maximum absolute atomic E-state index is 12.9. The number of aryl methyl sites for hydroxylation is 1. The van der Waals surface area contributed by atoms with Crippen LogP contribution >= 0.6 is 0 Å². The summed E-state index contributed by atoms with van der Waals surface area (Å²) in [6.07, 6.45) is 15.1. The Morgan fingerprint density at radius 1 is 1.11 bits per heavy atom. The van der Waals surface area contributed by atoms with Crippen LogP contribution in [0.15, 0.2) is 30.7 Å². The van der Waals surface area contributed by atoms with Gasteiger partial charge in [-0.3, -0.25) is 9.78 Å². The van der Waals surface area contributed by atoms with Crippen molar-refractivity contribution in [2.75, 3.05) is 13.1 Å². The number of piperidine rings is 1. The Morgan fingerprint density at radius 2 is 1.93 bits per heavy atom. The van der Waals surface area contributed by atoms with Gasteiger partial charge >= 0.3 is 0 Å². The molecule has 4 rings (SSSR count). The summed E-state index contributed by atoms with van der Waals surface area (Å²) in [5, 5.41) is 0. The van der Waals surface area contributed by atoms with Crippen LogP contribution in [-0.2, 0) is 11.3 Å². The van der Waals surface area contributed by atoms with Gasteiger partial charge in [-0.05, 0) is 56.6 Å². The van der Waals surface area contributed by atoms with Gasteiger partial charge in [0.1, 0.15) is 5.82 Å². The minimum absolute atomic E-state index is 0.381. The Bertz CT molecular complexity index is 779. The van der Waals surface area contributed by atoms with Gasteiger partial charge in [0.2, 0.25) is 5.91 Å². The number of hydrogen-bond donors (Lipinski definition) is 0. The van der Waals surface area contributed by atoms with E-state index in [1.54, 1.807) is 6.20 Å². The van der Waals surface area contributed by atoms with Crippen LogP contribution in [0, 0.1) is 18.8 Å². The summed E-state index contributed by atoms with van der Waals surface area (Å²) in [5.41, 5.74) is 2.22. The molecule has 1 amide bonds. The minimum Gasteiger partial charge on any atom is -0.342 e. The molecule has 5 heteroatoms. The Labute approximate surface area is 168 Å². The van der Waals surface area contributed by atoms with Crippen molar-refractivity contribution >= 4 is 5.91 Å². The Hall–Kier alpha value is -2.17. The second-order valence-corrected chi connectivity index (χ2v) is 8.63. The minimum atomic E-state index is 0.381. The second kappa shape index (κ2) is 8.89. The topological polar surface area (TPSA) is 51.0 Å². The molecule has 1 unspecified atom stereocenters. The van der Waals surface area contributed by atoms with Crippen molar-refractivity contribution in [2.45, 2.75) is 64.8 Å². The highest BCUT2D eigenvalue weighted by Gasteiger charge is 2.27. The summed E-state index contributed by atoms with van der Waals surface area (Å²) >= 11 is 0. The van der Waals surface area contributed by atoms with Gasteiger partial charge in [-0.25, -0.2) is 4.98 Å². The van der Waals surface area contributed by atoms with E-state index in [2.05, 4.69) is 32.4 Å². The van der Waals surface area contributed by atoms with E-state index < -0.39 is 0 Å². The van der Waals surface area contributed by atoms with Gasteiger partial charge in [0.25, 0.3) is 0 Å². The average molecular weight is 381 g/mol. The van der Waals surface area contributed by atoms with E-state index in [-0.39, 0.29) is 0 Å². The van der Waals surface area contributed by atoms with Gasteiger partial charge in [-0.2, -0.15) is 0 Å². The Balaban J connectivity index is 1.40. The normalized spacial score (nSPS) is 21.0. The van der Waals surface area contributed by atoms with Crippen molar-refractivity contribution in [3.05, 3.63) is 36.4 Å². The molecule has 0 radical (unpaired) electrons. The number of nitrogens with zero attached hydrogens (tertiary/aromatic N) is 4. The third-order valence-electron chi connectivity index (χ3n) is 6.48. The molecular formula is C23H32N4O. The fraction of sp³-hybridized carbons (Fsp3) is 0.609. The second-order valence-electron chi connectivity index (χ2n) is 8.63. The lowest BCUT2D eigenvalue weighted by atomic mass is 9.86. The molecule has 1 aliphatic carbocycles. The van der Waals surface area contributed by atoms with Crippen LogP contribution in [0.2, 0.25) is 0 Å². The summed E-state index contributed by atoms with van der Waals surface area (Å²) in [7, 11) is 0. The van der Waals surface area contributed by atoms with Crippen molar-refractivity contribution < 1.29 is 4.79 Å². The average Bonchev–Trinajstić information content (AvgIpc) is 3.10. The number of carbonyl (C=O) groups excluding carboxylic acids is 1. The maximum Gasteiger partial charge on any atom is 0.222 e. The molecule has 0 aromatic carbocycles. The van der Waals surface area contributed by atoms with Gasteiger partial charge in [-0.1, -0.05) is 19.3 Å². The molecule has 3 heterocycles. The molecule has 2 aromatic rings. The standard InChI is InChI=1S/C23H32N4O/c1-18-14-25-23(21-10-5-11-24-15-21)27(18)17-20-9-6-12-26(16-20)22(28)13-19-7-3-2-4-8-19/h5,10-11,14-15,19-20H,2-4,6-9,12-13,16-17H2,1H3. The number of rotatable bonds is 5. The molecule has 1 saturated carbocycles. The third-order valence-corrected chi connectivity index (χ3v) is 6.48. The first-order valence-electron chi connectivity index (χ1n) is 10.9. The molecule has 150 valence electrons. The quantitative estimate of drug-likeness (QED) is 0.769. The largest absolute Gasteiger partial charge is 0.342 e. The van der Waals surface area contributed by atoms with Gasteiger partial charge in [0.15, 0.2) is 0 Å². The van der Waals surface area contributed by atoms with Crippen molar-refractivity contribution in [2.24, 2.45) is 11.8 Å². The molecule has 2 aromatic heterocycles. The van der Waals surface area contributed by atoms with Crippen molar-refractivity contribution in [3.63, 3.8) is 0 Å². The zero-order chi connectivity index (χ0) is 19.3. The lowest BCUT2D eigenvalue weighted by Crippen LogP contribution is -2.41. The summed E-state index contributed by atoms with van der Waals surface area (Å²) in [4.78, 5) is 23.9. The van der Waals surface area contributed by atoms with E-state index in [0.29, 0.717) is 17.7 Å². The van der Waals surface area contributed by atoms with Crippen LogP contribution in [0.5, 0.6) is 0 Å². The monoisotopic (exact) mass is 380 g/mol. The number of amides is 1. The molecule has 0 spiro atoms.